The molecule has 20 heavy (non-hydrogen) atoms. The van der Waals surface area contributed by atoms with E-state index >= 15 is 0 Å². The topological polar surface area (TPSA) is 55.1 Å². The lowest BCUT2D eigenvalue weighted by Gasteiger charge is -2.01. The molecule has 0 unspecified atom stereocenters. The van der Waals surface area contributed by atoms with Gasteiger partial charge >= 0.3 is 0 Å². The molecule has 0 aliphatic carbocycles. The summed E-state index contributed by atoms with van der Waals surface area (Å²) in [4.78, 5) is 16.9. The molecule has 5 heteroatoms. The van der Waals surface area contributed by atoms with E-state index in [2.05, 4.69) is 4.98 Å². The first-order valence-electron chi connectivity index (χ1n) is 6.32. The number of fused-ring (bicyclic) bond motifs is 2. The third kappa shape index (κ3) is 1.97. The largest absolute Gasteiger partial charge is 0.395 e. The normalized spacial score (nSPS) is 11.3. The Labute approximate surface area is 120 Å². The first-order valence-corrected chi connectivity index (χ1v) is 6.70. The van der Waals surface area contributed by atoms with Gasteiger partial charge < -0.3 is 9.67 Å². The third-order valence-corrected chi connectivity index (χ3v) is 3.65. The lowest BCUT2D eigenvalue weighted by molar-refractivity contribution is 0.276. The van der Waals surface area contributed by atoms with E-state index in [9.17, 15) is 4.79 Å². The van der Waals surface area contributed by atoms with E-state index in [1.807, 2.05) is 23.6 Å². The zero-order valence-corrected chi connectivity index (χ0v) is 11.7. The number of hydrogen-bond donors (Lipinski definition) is 1. The van der Waals surface area contributed by atoms with Crippen LogP contribution in [0.5, 0.6) is 0 Å². The van der Waals surface area contributed by atoms with E-state index in [0.717, 1.165) is 16.7 Å². The Morgan fingerprint density at radius 3 is 2.85 bits per heavy atom. The summed E-state index contributed by atoms with van der Waals surface area (Å²) in [7, 11) is 0. The zero-order valence-electron chi connectivity index (χ0n) is 10.9. The standard InChI is InChI=1S/C15H13ClN2O2/c1-9-17-14-13(18(9)6-7-19)5-2-10-8-11(16)3-4-12(10)15(14)20/h2-5,8,19H,6-7H2,1H3. The summed E-state index contributed by atoms with van der Waals surface area (Å²) in [5, 5.41) is 11.1. The van der Waals surface area contributed by atoms with Crippen LogP contribution in [-0.2, 0) is 6.54 Å². The maximum absolute atomic E-state index is 12.6. The Kier molecular flexibility index (Phi) is 3.20. The fraction of sp³-hybridized carbons (Fsp3) is 0.200. The highest BCUT2D eigenvalue weighted by atomic mass is 35.5. The number of rotatable bonds is 2. The third-order valence-electron chi connectivity index (χ3n) is 3.42. The molecule has 0 saturated carbocycles. The van der Waals surface area contributed by atoms with Crippen LogP contribution in [0.1, 0.15) is 5.82 Å². The van der Waals surface area contributed by atoms with Crippen molar-refractivity contribution in [2.75, 3.05) is 6.61 Å². The van der Waals surface area contributed by atoms with Gasteiger partial charge in [0, 0.05) is 17.0 Å². The molecule has 1 heterocycles. The molecule has 0 saturated heterocycles. The molecular formula is C15H13ClN2O2. The Hall–Kier alpha value is -1.91. The number of hydrogen-bond acceptors (Lipinski definition) is 3. The van der Waals surface area contributed by atoms with Gasteiger partial charge in [0.2, 0.25) is 5.43 Å². The van der Waals surface area contributed by atoms with Gasteiger partial charge in [0.15, 0.2) is 0 Å². The molecule has 0 aliphatic rings. The van der Waals surface area contributed by atoms with Crippen molar-refractivity contribution in [2.24, 2.45) is 0 Å². The number of halogens is 1. The van der Waals surface area contributed by atoms with Gasteiger partial charge in [-0.3, -0.25) is 4.79 Å². The number of imidazole rings is 1. The van der Waals surface area contributed by atoms with E-state index < -0.39 is 0 Å². The number of nitrogens with zero attached hydrogens (tertiary/aromatic N) is 2. The first-order chi connectivity index (χ1) is 9.61. The van der Waals surface area contributed by atoms with Crippen LogP contribution in [0.4, 0.5) is 0 Å². The average molecular weight is 289 g/mol. The van der Waals surface area contributed by atoms with E-state index in [4.69, 9.17) is 16.7 Å². The van der Waals surface area contributed by atoms with Crippen LogP contribution in [0.3, 0.4) is 0 Å². The maximum atomic E-state index is 12.6. The fourth-order valence-electron chi connectivity index (χ4n) is 2.47. The van der Waals surface area contributed by atoms with Gasteiger partial charge in [-0.15, -0.1) is 0 Å². The number of aliphatic hydroxyl groups excluding tert-OH is 1. The Bertz CT molecular complexity index is 871. The van der Waals surface area contributed by atoms with Crippen molar-refractivity contribution < 1.29 is 5.11 Å². The molecule has 0 aliphatic heterocycles. The van der Waals surface area contributed by atoms with Crippen molar-refractivity contribution in [3.63, 3.8) is 0 Å². The van der Waals surface area contributed by atoms with Crippen LogP contribution >= 0.6 is 11.6 Å². The summed E-state index contributed by atoms with van der Waals surface area (Å²) < 4.78 is 1.84. The van der Waals surface area contributed by atoms with E-state index in [1.54, 1.807) is 18.2 Å². The van der Waals surface area contributed by atoms with Crippen LogP contribution in [0, 0.1) is 6.92 Å². The highest BCUT2D eigenvalue weighted by molar-refractivity contribution is 6.31. The molecule has 1 N–H and O–H groups in total. The van der Waals surface area contributed by atoms with Gasteiger partial charge in [-0.05, 0) is 36.6 Å². The van der Waals surface area contributed by atoms with Gasteiger partial charge in [0.1, 0.15) is 11.3 Å². The van der Waals surface area contributed by atoms with Gasteiger partial charge in [0.25, 0.3) is 0 Å². The Morgan fingerprint density at radius 1 is 1.30 bits per heavy atom. The Balaban J connectivity index is 2.48. The van der Waals surface area contributed by atoms with E-state index in [-0.39, 0.29) is 12.0 Å². The fourth-order valence-corrected chi connectivity index (χ4v) is 2.65. The number of aromatic nitrogens is 2. The minimum Gasteiger partial charge on any atom is -0.395 e. The molecule has 0 radical (unpaired) electrons. The van der Waals surface area contributed by atoms with Gasteiger partial charge in [-0.2, -0.15) is 0 Å². The van der Waals surface area contributed by atoms with Gasteiger partial charge in [-0.25, -0.2) is 4.98 Å². The number of benzene rings is 1. The lowest BCUT2D eigenvalue weighted by atomic mass is 10.2. The van der Waals surface area contributed by atoms with Crippen LogP contribution < -0.4 is 5.43 Å². The highest BCUT2D eigenvalue weighted by Crippen LogP contribution is 2.19. The molecule has 0 bridgehead atoms. The lowest BCUT2D eigenvalue weighted by Crippen LogP contribution is -2.03. The smallest absolute Gasteiger partial charge is 0.214 e. The molecule has 0 spiro atoms. The minimum atomic E-state index is -0.114. The molecule has 2 aromatic carbocycles. The van der Waals surface area contributed by atoms with Crippen LogP contribution in [0.2, 0.25) is 5.02 Å². The molecule has 3 rings (SSSR count). The molecule has 0 amide bonds. The summed E-state index contributed by atoms with van der Waals surface area (Å²) in [5.74, 6) is 0.722. The first kappa shape index (κ1) is 13.1. The van der Waals surface area contributed by atoms with Crippen LogP contribution in [-0.4, -0.2) is 21.3 Å². The quantitative estimate of drug-likeness (QED) is 0.788. The second-order valence-electron chi connectivity index (χ2n) is 4.66. The van der Waals surface area contributed by atoms with Gasteiger partial charge in [-0.1, -0.05) is 17.7 Å². The molecule has 1 aromatic heterocycles. The van der Waals surface area contributed by atoms with Crippen LogP contribution in [0.25, 0.3) is 21.8 Å². The van der Waals surface area contributed by atoms with Crippen molar-refractivity contribution in [3.05, 3.63) is 51.4 Å². The summed E-state index contributed by atoms with van der Waals surface area (Å²) in [5.41, 5.74) is 1.04. The molecule has 0 atom stereocenters. The summed E-state index contributed by atoms with van der Waals surface area (Å²) in [6, 6.07) is 8.90. The number of aryl methyl sites for hydroxylation is 1. The van der Waals surface area contributed by atoms with Crippen molar-refractivity contribution in [1.82, 2.24) is 9.55 Å². The predicted molar refractivity (Wildman–Crippen MR) is 80.3 cm³/mol. The second kappa shape index (κ2) is 4.89. The molecule has 4 nitrogen and oxygen atoms in total. The highest BCUT2D eigenvalue weighted by Gasteiger charge is 2.11. The van der Waals surface area contributed by atoms with E-state index in [1.165, 1.54) is 0 Å². The zero-order chi connectivity index (χ0) is 14.3. The number of aliphatic hydroxyl groups is 1. The monoisotopic (exact) mass is 288 g/mol. The minimum absolute atomic E-state index is 0.00441. The second-order valence-corrected chi connectivity index (χ2v) is 5.10. The maximum Gasteiger partial charge on any atom is 0.214 e. The van der Waals surface area contributed by atoms with Gasteiger partial charge in [0.05, 0.1) is 12.1 Å². The SMILES string of the molecule is Cc1nc2c(=O)c3ccc(Cl)cc3ccc2n1CCO. The predicted octanol–water partition coefficient (Wildman–Crippen LogP) is 2.50. The van der Waals surface area contributed by atoms with Crippen molar-refractivity contribution >= 4 is 33.4 Å². The summed E-state index contributed by atoms with van der Waals surface area (Å²) in [6.45, 7) is 2.25. The molecule has 102 valence electrons. The van der Waals surface area contributed by atoms with Crippen molar-refractivity contribution in [3.8, 4) is 0 Å². The van der Waals surface area contributed by atoms with Crippen molar-refractivity contribution in [1.29, 1.82) is 0 Å². The van der Waals surface area contributed by atoms with Crippen molar-refractivity contribution in [2.45, 2.75) is 13.5 Å². The summed E-state index contributed by atoms with van der Waals surface area (Å²) >= 11 is 5.97. The Morgan fingerprint density at radius 2 is 2.10 bits per heavy atom. The van der Waals surface area contributed by atoms with Crippen LogP contribution in [0.15, 0.2) is 35.1 Å². The molecule has 3 aromatic rings. The average Bonchev–Trinajstić information content (AvgIpc) is 2.66. The molecular weight excluding hydrogens is 276 g/mol. The van der Waals surface area contributed by atoms with E-state index in [0.29, 0.717) is 22.5 Å². The molecule has 0 fully saturated rings. The summed E-state index contributed by atoms with van der Waals surface area (Å²) in [6.07, 6.45) is 0.